The summed E-state index contributed by atoms with van der Waals surface area (Å²) in [5.41, 5.74) is 0. The minimum atomic E-state index is -3.64. The molecule has 22 heavy (non-hydrogen) atoms. The fourth-order valence-electron chi connectivity index (χ4n) is 1.88. The van der Waals surface area contributed by atoms with Gasteiger partial charge in [-0.1, -0.05) is 0 Å². The molecule has 1 heterocycles. The van der Waals surface area contributed by atoms with Gasteiger partial charge in [0, 0.05) is 19.0 Å². The van der Waals surface area contributed by atoms with Gasteiger partial charge in [-0.25, -0.2) is 18.1 Å². The van der Waals surface area contributed by atoms with Crippen molar-refractivity contribution >= 4 is 10.0 Å². The highest BCUT2D eigenvalue weighted by molar-refractivity contribution is 7.89. The van der Waals surface area contributed by atoms with Gasteiger partial charge >= 0.3 is 0 Å². The number of methoxy groups -OCH3 is 2. The fraction of sp³-hybridized carbons (Fsp3) is 0.357. The number of nitrogens with zero attached hydrogens (tertiary/aromatic N) is 1. The van der Waals surface area contributed by atoms with E-state index >= 15 is 0 Å². The Hall–Kier alpha value is -2.06. The van der Waals surface area contributed by atoms with E-state index in [0.717, 1.165) is 0 Å². The number of hydrogen-bond acceptors (Lipinski definition) is 6. The molecule has 0 spiro atoms. The number of sulfonamides is 1. The number of aromatic nitrogens is 1. The van der Waals surface area contributed by atoms with Crippen LogP contribution in [0.2, 0.25) is 0 Å². The van der Waals surface area contributed by atoms with E-state index in [9.17, 15) is 8.42 Å². The largest absolute Gasteiger partial charge is 0.493 e. The van der Waals surface area contributed by atoms with Crippen molar-refractivity contribution in [1.29, 1.82) is 0 Å². The summed E-state index contributed by atoms with van der Waals surface area (Å²) < 4.78 is 42.5. The summed E-state index contributed by atoms with van der Waals surface area (Å²) in [5.74, 6) is 2.01. The molecule has 0 bridgehead atoms. The van der Waals surface area contributed by atoms with Crippen LogP contribution in [-0.4, -0.2) is 34.2 Å². The first-order valence-electron chi connectivity index (χ1n) is 6.59. The molecule has 0 amide bonds. The predicted molar refractivity (Wildman–Crippen MR) is 79.7 cm³/mol. The van der Waals surface area contributed by atoms with Crippen LogP contribution < -0.4 is 14.2 Å². The molecule has 0 aliphatic rings. The zero-order valence-corrected chi connectivity index (χ0v) is 13.4. The molecule has 2 rings (SSSR count). The molecular formula is C14H18N2O5S. The van der Waals surface area contributed by atoms with E-state index in [1.54, 1.807) is 19.2 Å². The van der Waals surface area contributed by atoms with Gasteiger partial charge in [0.25, 0.3) is 0 Å². The average Bonchev–Trinajstić information content (AvgIpc) is 2.91. The first kappa shape index (κ1) is 16.3. The Balaban J connectivity index is 2.06. The summed E-state index contributed by atoms with van der Waals surface area (Å²) in [5, 5.41) is 0. The number of rotatable bonds is 7. The molecule has 0 aliphatic carbocycles. The maximum atomic E-state index is 12.2. The Morgan fingerprint density at radius 2 is 1.95 bits per heavy atom. The van der Waals surface area contributed by atoms with Crippen molar-refractivity contribution < 1.29 is 22.3 Å². The maximum Gasteiger partial charge on any atom is 0.240 e. The van der Waals surface area contributed by atoms with Gasteiger partial charge in [0.15, 0.2) is 17.4 Å². The normalized spacial score (nSPS) is 11.4. The highest BCUT2D eigenvalue weighted by Crippen LogP contribution is 2.29. The number of aryl methyl sites for hydroxylation is 1. The molecule has 1 N–H and O–H groups in total. The van der Waals surface area contributed by atoms with Crippen molar-refractivity contribution in [1.82, 2.24) is 9.71 Å². The van der Waals surface area contributed by atoms with Crippen molar-refractivity contribution in [3.8, 4) is 11.5 Å². The van der Waals surface area contributed by atoms with Gasteiger partial charge in [0.1, 0.15) is 5.76 Å². The minimum Gasteiger partial charge on any atom is -0.493 e. The quantitative estimate of drug-likeness (QED) is 0.829. The molecule has 0 aliphatic heterocycles. The van der Waals surface area contributed by atoms with Crippen LogP contribution in [0, 0.1) is 6.92 Å². The van der Waals surface area contributed by atoms with E-state index in [4.69, 9.17) is 13.9 Å². The highest BCUT2D eigenvalue weighted by atomic mass is 32.2. The minimum absolute atomic E-state index is 0.105. The first-order chi connectivity index (χ1) is 10.5. The van der Waals surface area contributed by atoms with Gasteiger partial charge in [0.05, 0.1) is 25.3 Å². The van der Waals surface area contributed by atoms with Crippen molar-refractivity contribution in [2.45, 2.75) is 18.2 Å². The SMILES string of the molecule is COc1ccc(S(=O)(=O)NCCc2ncc(C)o2)cc1OC. The smallest absolute Gasteiger partial charge is 0.240 e. The molecule has 0 saturated carbocycles. The van der Waals surface area contributed by atoms with Gasteiger partial charge in [-0.3, -0.25) is 0 Å². The Labute approximate surface area is 129 Å². The summed E-state index contributed by atoms with van der Waals surface area (Å²) >= 11 is 0. The van der Waals surface area contributed by atoms with E-state index in [0.29, 0.717) is 29.6 Å². The average molecular weight is 326 g/mol. The second-order valence-electron chi connectivity index (χ2n) is 4.53. The van der Waals surface area contributed by atoms with Crippen LogP contribution in [0.15, 0.2) is 33.7 Å². The van der Waals surface area contributed by atoms with Gasteiger partial charge in [-0.05, 0) is 19.1 Å². The van der Waals surface area contributed by atoms with E-state index in [1.807, 2.05) is 0 Å². The van der Waals surface area contributed by atoms with Crippen LogP contribution >= 0.6 is 0 Å². The summed E-state index contributed by atoms with van der Waals surface area (Å²) in [6, 6.07) is 4.42. The molecule has 0 fully saturated rings. The lowest BCUT2D eigenvalue weighted by Gasteiger charge is -2.10. The van der Waals surface area contributed by atoms with Crippen LogP contribution in [-0.2, 0) is 16.4 Å². The molecule has 1 aromatic heterocycles. The van der Waals surface area contributed by atoms with E-state index < -0.39 is 10.0 Å². The monoisotopic (exact) mass is 326 g/mol. The zero-order valence-electron chi connectivity index (χ0n) is 12.6. The molecule has 0 saturated heterocycles. The Morgan fingerprint density at radius 1 is 1.23 bits per heavy atom. The highest BCUT2D eigenvalue weighted by Gasteiger charge is 2.17. The van der Waals surface area contributed by atoms with Gasteiger partial charge < -0.3 is 13.9 Å². The molecule has 0 radical (unpaired) electrons. The molecule has 0 unspecified atom stereocenters. The van der Waals surface area contributed by atoms with Crippen molar-refractivity contribution in [3.05, 3.63) is 36.0 Å². The summed E-state index contributed by atoms with van der Waals surface area (Å²) in [7, 11) is -0.696. The second kappa shape index (κ2) is 6.80. The van der Waals surface area contributed by atoms with Gasteiger partial charge in [-0.2, -0.15) is 0 Å². The van der Waals surface area contributed by atoms with E-state index in [2.05, 4.69) is 9.71 Å². The van der Waals surface area contributed by atoms with Crippen molar-refractivity contribution in [2.24, 2.45) is 0 Å². The first-order valence-corrected chi connectivity index (χ1v) is 8.07. The van der Waals surface area contributed by atoms with E-state index in [-0.39, 0.29) is 11.4 Å². The molecule has 8 heteroatoms. The molecule has 0 atom stereocenters. The third kappa shape index (κ3) is 3.77. The maximum absolute atomic E-state index is 12.2. The number of nitrogens with one attached hydrogen (secondary N) is 1. The lowest BCUT2D eigenvalue weighted by molar-refractivity contribution is 0.354. The summed E-state index contributed by atoms with van der Waals surface area (Å²) in [4.78, 5) is 4.13. The number of oxazole rings is 1. The van der Waals surface area contributed by atoms with Gasteiger partial charge in [-0.15, -0.1) is 0 Å². The van der Waals surface area contributed by atoms with Crippen molar-refractivity contribution in [2.75, 3.05) is 20.8 Å². The number of hydrogen-bond donors (Lipinski definition) is 1. The lowest BCUT2D eigenvalue weighted by Crippen LogP contribution is -2.26. The zero-order chi connectivity index (χ0) is 16.2. The Morgan fingerprint density at radius 3 is 2.55 bits per heavy atom. The number of benzene rings is 1. The summed E-state index contributed by atoms with van der Waals surface area (Å²) in [6.07, 6.45) is 1.97. The van der Waals surface area contributed by atoms with Crippen molar-refractivity contribution in [3.63, 3.8) is 0 Å². The summed E-state index contributed by atoms with van der Waals surface area (Å²) in [6.45, 7) is 1.97. The van der Waals surface area contributed by atoms with Crippen LogP contribution in [0.3, 0.4) is 0 Å². The van der Waals surface area contributed by atoms with Crippen LogP contribution in [0.25, 0.3) is 0 Å². The lowest BCUT2D eigenvalue weighted by atomic mass is 10.3. The third-order valence-corrected chi connectivity index (χ3v) is 4.42. The van der Waals surface area contributed by atoms with Crippen LogP contribution in [0.1, 0.15) is 11.7 Å². The third-order valence-electron chi connectivity index (χ3n) is 2.97. The van der Waals surface area contributed by atoms with Gasteiger partial charge in [0.2, 0.25) is 10.0 Å². The molecule has 2 aromatic rings. The Bertz CT molecular complexity index is 739. The second-order valence-corrected chi connectivity index (χ2v) is 6.30. The number of ether oxygens (including phenoxy) is 2. The topological polar surface area (TPSA) is 90.7 Å². The standard InChI is InChI=1S/C14H18N2O5S/c1-10-9-15-14(21-10)6-7-16-22(17,18)11-4-5-12(19-2)13(8-11)20-3/h4-5,8-9,16H,6-7H2,1-3H3. The fourth-order valence-corrected chi connectivity index (χ4v) is 2.92. The molecule has 120 valence electrons. The Kier molecular flexibility index (Phi) is 5.04. The van der Waals surface area contributed by atoms with E-state index in [1.165, 1.54) is 26.4 Å². The molecule has 1 aromatic carbocycles. The predicted octanol–water partition coefficient (Wildman–Crippen LogP) is 1.52. The molecule has 7 nitrogen and oxygen atoms in total. The van der Waals surface area contributed by atoms with Crippen LogP contribution in [0.5, 0.6) is 11.5 Å². The van der Waals surface area contributed by atoms with Crippen LogP contribution in [0.4, 0.5) is 0 Å². The molecular weight excluding hydrogens is 308 g/mol.